The molecule has 1 N–H and O–H groups in total. The molecule has 1 aliphatic rings. The second kappa shape index (κ2) is 6.63. The molecule has 0 unspecified atom stereocenters. The summed E-state index contributed by atoms with van der Waals surface area (Å²) >= 11 is 0. The average Bonchev–Trinajstić information content (AvgIpc) is 3.07. The molecule has 0 bridgehead atoms. The van der Waals surface area contributed by atoms with Gasteiger partial charge in [-0.15, -0.1) is 0 Å². The van der Waals surface area contributed by atoms with E-state index in [1.54, 1.807) is 13.1 Å². The molecule has 26 heavy (non-hydrogen) atoms. The van der Waals surface area contributed by atoms with Gasteiger partial charge < -0.3 is 10.1 Å². The Hall–Kier alpha value is -3.15. The summed E-state index contributed by atoms with van der Waals surface area (Å²) in [7, 11) is 1.60. The van der Waals surface area contributed by atoms with Crippen molar-refractivity contribution in [1.82, 2.24) is 15.1 Å². The molecule has 2 heterocycles. The number of hydrogen-bond donors (Lipinski definition) is 1. The highest BCUT2D eigenvalue weighted by Gasteiger charge is 2.23. The molecule has 0 saturated heterocycles. The third-order valence-corrected chi connectivity index (χ3v) is 4.60. The first-order chi connectivity index (χ1) is 12.6. The molecule has 2 aromatic carbocycles. The molecule has 0 spiro atoms. The van der Waals surface area contributed by atoms with E-state index in [4.69, 9.17) is 4.74 Å². The van der Waals surface area contributed by atoms with Gasteiger partial charge in [-0.1, -0.05) is 36.4 Å². The highest BCUT2D eigenvalue weighted by molar-refractivity contribution is 5.88. The molecule has 6 nitrogen and oxygen atoms in total. The molecule has 4 rings (SSSR count). The standard InChI is InChI=1S/C20H19N3O3/c1-23-20(25)16-8-4-3-7-15(16)17(22-23)11-19(24)21-12-14-10-13-6-2-5-9-18(13)26-14/h2-9,14H,10-12H2,1H3,(H,21,24)/t14-/m0/s1. The SMILES string of the molecule is Cn1nc(CC(=O)NC[C@@H]2Cc3ccccc3O2)c2ccccc2c1=O. The second-order valence-electron chi connectivity index (χ2n) is 6.45. The van der Waals surface area contributed by atoms with Gasteiger partial charge in [0.1, 0.15) is 11.9 Å². The number of aryl methyl sites for hydroxylation is 1. The third-order valence-electron chi connectivity index (χ3n) is 4.60. The molecule has 1 aliphatic heterocycles. The van der Waals surface area contributed by atoms with E-state index in [0.717, 1.165) is 23.1 Å². The van der Waals surface area contributed by atoms with Crippen LogP contribution in [-0.2, 0) is 24.7 Å². The van der Waals surface area contributed by atoms with Crippen LogP contribution >= 0.6 is 0 Å². The molecule has 0 aliphatic carbocycles. The third kappa shape index (κ3) is 3.06. The van der Waals surface area contributed by atoms with Crippen LogP contribution in [0.25, 0.3) is 10.8 Å². The van der Waals surface area contributed by atoms with E-state index in [9.17, 15) is 9.59 Å². The summed E-state index contributed by atoms with van der Waals surface area (Å²) in [6.45, 7) is 0.442. The number of benzene rings is 2. The second-order valence-corrected chi connectivity index (χ2v) is 6.45. The lowest BCUT2D eigenvalue weighted by molar-refractivity contribution is -0.120. The molecule has 3 aromatic rings. The van der Waals surface area contributed by atoms with Gasteiger partial charge in [-0.05, 0) is 17.7 Å². The molecule has 0 fully saturated rings. The molecule has 132 valence electrons. The first kappa shape index (κ1) is 16.3. The van der Waals surface area contributed by atoms with Crippen molar-refractivity contribution in [2.24, 2.45) is 7.05 Å². The van der Waals surface area contributed by atoms with Gasteiger partial charge in [-0.2, -0.15) is 5.10 Å². The Morgan fingerprint density at radius 1 is 1.19 bits per heavy atom. The van der Waals surface area contributed by atoms with Crippen LogP contribution in [0.1, 0.15) is 11.3 Å². The van der Waals surface area contributed by atoms with Crippen molar-refractivity contribution in [2.75, 3.05) is 6.54 Å². The van der Waals surface area contributed by atoms with E-state index in [1.807, 2.05) is 42.5 Å². The fourth-order valence-corrected chi connectivity index (χ4v) is 3.32. The Bertz CT molecular complexity index is 1020. The number of carbonyl (C=O) groups excluding carboxylic acids is 1. The van der Waals surface area contributed by atoms with Crippen molar-refractivity contribution in [3.05, 3.63) is 70.1 Å². The molecule has 6 heteroatoms. The Morgan fingerprint density at radius 3 is 2.73 bits per heavy atom. The number of amides is 1. The van der Waals surface area contributed by atoms with Crippen LogP contribution in [0.3, 0.4) is 0 Å². The number of nitrogens with one attached hydrogen (secondary N) is 1. The maximum absolute atomic E-state index is 12.4. The van der Waals surface area contributed by atoms with Crippen molar-refractivity contribution in [3.63, 3.8) is 0 Å². The lowest BCUT2D eigenvalue weighted by atomic mass is 10.1. The number of carbonyl (C=O) groups is 1. The summed E-state index contributed by atoms with van der Waals surface area (Å²) in [5.74, 6) is 0.748. The van der Waals surface area contributed by atoms with Crippen molar-refractivity contribution >= 4 is 16.7 Å². The zero-order chi connectivity index (χ0) is 18.1. The molecule has 0 saturated carbocycles. The van der Waals surface area contributed by atoms with Crippen molar-refractivity contribution < 1.29 is 9.53 Å². The lowest BCUT2D eigenvalue weighted by Gasteiger charge is -2.12. The van der Waals surface area contributed by atoms with Gasteiger partial charge in [0.2, 0.25) is 5.91 Å². The highest BCUT2D eigenvalue weighted by Crippen LogP contribution is 2.27. The number of rotatable bonds is 4. The number of hydrogen-bond acceptors (Lipinski definition) is 4. The molecule has 1 amide bonds. The summed E-state index contributed by atoms with van der Waals surface area (Å²) in [6.07, 6.45) is 0.854. The van der Waals surface area contributed by atoms with Crippen LogP contribution in [-0.4, -0.2) is 28.3 Å². The monoisotopic (exact) mass is 349 g/mol. The van der Waals surface area contributed by atoms with E-state index in [1.165, 1.54) is 4.68 Å². The lowest BCUT2D eigenvalue weighted by Crippen LogP contribution is -2.35. The van der Waals surface area contributed by atoms with Crippen LogP contribution in [0.4, 0.5) is 0 Å². The van der Waals surface area contributed by atoms with Crippen LogP contribution in [0, 0.1) is 0 Å². The number of nitrogens with zero attached hydrogens (tertiary/aromatic N) is 2. The normalized spacial score (nSPS) is 15.5. The molecule has 1 aromatic heterocycles. The number of fused-ring (bicyclic) bond motifs is 2. The van der Waals surface area contributed by atoms with Gasteiger partial charge >= 0.3 is 0 Å². The summed E-state index contributed by atoms with van der Waals surface area (Å²) in [5.41, 5.74) is 1.59. The van der Waals surface area contributed by atoms with Gasteiger partial charge in [0.15, 0.2) is 0 Å². The van der Waals surface area contributed by atoms with Crippen LogP contribution in [0.15, 0.2) is 53.3 Å². The predicted octanol–water partition coefficient (Wildman–Crippen LogP) is 1.60. The van der Waals surface area contributed by atoms with E-state index in [-0.39, 0.29) is 24.0 Å². The van der Waals surface area contributed by atoms with Crippen LogP contribution < -0.4 is 15.6 Å². The summed E-state index contributed by atoms with van der Waals surface area (Å²) in [6, 6.07) is 15.1. The minimum atomic E-state index is -0.165. The summed E-state index contributed by atoms with van der Waals surface area (Å²) < 4.78 is 7.12. The zero-order valence-corrected chi connectivity index (χ0v) is 14.4. The predicted molar refractivity (Wildman–Crippen MR) is 98.3 cm³/mol. The van der Waals surface area contributed by atoms with E-state index < -0.39 is 0 Å². The largest absolute Gasteiger partial charge is 0.488 e. The quantitative estimate of drug-likeness (QED) is 0.776. The Morgan fingerprint density at radius 2 is 1.92 bits per heavy atom. The molecular weight excluding hydrogens is 330 g/mol. The van der Waals surface area contributed by atoms with Gasteiger partial charge in [0, 0.05) is 18.9 Å². The van der Waals surface area contributed by atoms with Crippen LogP contribution in [0.2, 0.25) is 0 Å². The van der Waals surface area contributed by atoms with E-state index >= 15 is 0 Å². The highest BCUT2D eigenvalue weighted by atomic mass is 16.5. The topological polar surface area (TPSA) is 73.2 Å². The maximum atomic E-state index is 12.4. The Labute approximate surface area is 150 Å². The van der Waals surface area contributed by atoms with Crippen molar-refractivity contribution in [2.45, 2.75) is 18.9 Å². The van der Waals surface area contributed by atoms with Gasteiger partial charge in [0.25, 0.3) is 5.56 Å². The summed E-state index contributed by atoms with van der Waals surface area (Å²) in [4.78, 5) is 24.5. The van der Waals surface area contributed by atoms with Gasteiger partial charge in [-0.3, -0.25) is 9.59 Å². The fraction of sp³-hybridized carbons (Fsp3) is 0.250. The minimum Gasteiger partial charge on any atom is -0.488 e. The van der Waals surface area contributed by atoms with Crippen LogP contribution in [0.5, 0.6) is 5.75 Å². The molecular formula is C20H19N3O3. The van der Waals surface area contributed by atoms with Crippen molar-refractivity contribution in [1.29, 1.82) is 0 Å². The molecule has 0 radical (unpaired) electrons. The van der Waals surface area contributed by atoms with E-state index in [2.05, 4.69) is 10.4 Å². The van der Waals surface area contributed by atoms with Gasteiger partial charge in [-0.25, -0.2) is 4.68 Å². The van der Waals surface area contributed by atoms with E-state index in [0.29, 0.717) is 17.6 Å². The van der Waals surface area contributed by atoms with Crippen molar-refractivity contribution in [3.8, 4) is 5.75 Å². The minimum absolute atomic E-state index is 0.0545. The maximum Gasteiger partial charge on any atom is 0.274 e. The summed E-state index contributed by atoms with van der Waals surface area (Å²) in [5, 5.41) is 8.47. The average molecular weight is 349 g/mol. The Balaban J connectivity index is 1.44. The fourth-order valence-electron chi connectivity index (χ4n) is 3.32. The zero-order valence-electron chi connectivity index (χ0n) is 14.4. The number of aromatic nitrogens is 2. The van der Waals surface area contributed by atoms with Gasteiger partial charge in [0.05, 0.1) is 24.0 Å². The molecule has 1 atom stereocenters. The first-order valence-electron chi connectivity index (χ1n) is 8.58. The number of para-hydroxylation sites is 1. The Kier molecular flexibility index (Phi) is 4.16. The smallest absolute Gasteiger partial charge is 0.274 e. The first-order valence-corrected chi connectivity index (χ1v) is 8.58. The number of ether oxygens (including phenoxy) is 1.